The number of carbonyl (C=O) groups is 2. The topological polar surface area (TPSA) is 75.4 Å². The van der Waals surface area contributed by atoms with Crippen molar-refractivity contribution in [3.8, 4) is 5.69 Å². The quantitative estimate of drug-likeness (QED) is 0.888. The Bertz CT molecular complexity index is 692. The second kappa shape index (κ2) is 7.09. The lowest BCUT2D eigenvalue weighted by molar-refractivity contribution is -0.137. The summed E-state index contributed by atoms with van der Waals surface area (Å²) in [4.78, 5) is 24.9. The lowest BCUT2D eigenvalue weighted by Crippen LogP contribution is -2.38. The predicted octanol–water partition coefficient (Wildman–Crippen LogP) is 2.36. The summed E-state index contributed by atoms with van der Waals surface area (Å²) >= 11 is 0. The number of benzene rings is 1. The number of aromatic nitrogens is 2. The SMILES string of the molecule is Cc1cc(C(=O)N(CC(=O)O)CC(C)C)nn1-c1ccccc1. The maximum Gasteiger partial charge on any atom is 0.323 e. The van der Waals surface area contributed by atoms with Gasteiger partial charge < -0.3 is 10.0 Å². The van der Waals surface area contributed by atoms with Crippen molar-refractivity contribution in [1.29, 1.82) is 0 Å². The fourth-order valence-corrected chi connectivity index (χ4v) is 2.39. The molecule has 0 unspecified atom stereocenters. The van der Waals surface area contributed by atoms with Gasteiger partial charge in [-0.1, -0.05) is 32.0 Å². The summed E-state index contributed by atoms with van der Waals surface area (Å²) in [5.74, 6) is -1.22. The largest absolute Gasteiger partial charge is 0.480 e. The van der Waals surface area contributed by atoms with Crippen LogP contribution in [-0.2, 0) is 4.79 Å². The number of aliphatic carboxylic acids is 1. The summed E-state index contributed by atoms with van der Waals surface area (Å²) in [7, 11) is 0. The van der Waals surface area contributed by atoms with Crippen LogP contribution in [0, 0.1) is 12.8 Å². The van der Waals surface area contributed by atoms with E-state index in [0.717, 1.165) is 11.4 Å². The molecule has 0 saturated carbocycles. The van der Waals surface area contributed by atoms with E-state index in [1.807, 2.05) is 51.1 Å². The molecule has 1 N–H and O–H groups in total. The molecule has 0 aliphatic rings. The monoisotopic (exact) mass is 315 g/mol. The van der Waals surface area contributed by atoms with E-state index in [1.54, 1.807) is 10.7 Å². The Morgan fingerprint density at radius 3 is 2.48 bits per heavy atom. The van der Waals surface area contributed by atoms with Crippen molar-refractivity contribution in [2.24, 2.45) is 5.92 Å². The Hall–Kier alpha value is -2.63. The van der Waals surface area contributed by atoms with E-state index >= 15 is 0 Å². The van der Waals surface area contributed by atoms with Gasteiger partial charge in [-0.05, 0) is 31.0 Å². The molecule has 0 atom stereocenters. The number of carboxylic acid groups (broad SMARTS) is 1. The summed E-state index contributed by atoms with van der Waals surface area (Å²) < 4.78 is 1.68. The standard InChI is InChI=1S/C17H21N3O3/c1-12(2)10-19(11-16(21)22)17(23)15-9-13(3)20(18-15)14-7-5-4-6-8-14/h4-9,12H,10-11H2,1-3H3,(H,21,22). The summed E-state index contributed by atoms with van der Waals surface area (Å²) in [6, 6.07) is 11.2. The van der Waals surface area contributed by atoms with Crippen LogP contribution in [0.2, 0.25) is 0 Å². The molecule has 23 heavy (non-hydrogen) atoms. The highest BCUT2D eigenvalue weighted by molar-refractivity contribution is 5.94. The van der Waals surface area contributed by atoms with Crippen LogP contribution in [0.15, 0.2) is 36.4 Å². The van der Waals surface area contributed by atoms with Crippen molar-refractivity contribution in [2.45, 2.75) is 20.8 Å². The number of hydrogen-bond donors (Lipinski definition) is 1. The molecule has 2 rings (SSSR count). The van der Waals surface area contributed by atoms with Crippen molar-refractivity contribution in [2.75, 3.05) is 13.1 Å². The molecule has 122 valence electrons. The Morgan fingerprint density at radius 1 is 1.26 bits per heavy atom. The zero-order valence-electron chi connectivity index (χ0n) is 13.6. The van der Waals surface area contributed by atoms with Gasteiger partial charge in [-0.3, -0.25) is 9.59 Å². The molecule has 0 saturated heterocycles. The molecule has 0 aliphatic carbocycles. The normalized spacial score (nSPS) is 10.8. The molecule has 1 amide bonds. The highest BCUT2D eigenvalue weighted by Gasteiger charge is 2.22. The minimum atomic E-state index is -1.03. The first-order valence-corrected chi connectivity index (χ1v) is 7.51. The molecule has 0 spiro atoms. The first-order valence-electron chi connectivity index (χ1n) is 7.51. The Labute approximate surface area is 135 Å². The van der Waals surface area contributed by atoms with Gasteiger partial charge >= 0.3 is 5.97 Å². The fraction of sp³-hybridized carbons (Fsp3) is 0.353. The van der Waals surface area contributed by atoms with Crippen LogP contribution >= 0.6 is 0 Å². The maximum absolute atomic E-state index is 12.6. The lowest BCUT2D eigenvalue weighted by Gasteiger charge is -2.21. The van der Waals surface area contributed by atoms with Crippen LogP contribution in [0.1, 0.15) is 30.0 Å². The van der Waals surface area contributed by atoms with Gasteiger partial charge in [0, 0.05) is 12.2 Å². The van der Waals surface area contributed by atoms with E-state index in [4.69, 9.17) is 5.11 Å². The third-order valence-corrected chi connectivity index (χ3v) is 3.31. The predicted molar refractivity (Wildman–Crippen MR) is 86.7 cm³/mol. The number of hydrogen-bond acceptors (Lipinski definition) is 3. The zero-order valence-corrected chi connectivity index (χ0v) is 13.6. The van der Waals surface area contributed by atoms with E-state index in [-0.39, 0.29) is 24.1 Å². The minimum absolute atomic E-state index is 0.176. The van der Waals surface area contributed by atoms with E-state index in [1.165, 1.54) is 4.90 Å². The van der Waals surface area contributed by atoms with E-state index in [2.05, 4.69) is 5.10 Å². The second-order valence-corrected chi connectivity index (χ2v) is 5.89. The molecular formula is C17H21N3O3. The smallest absolute Gasteiger partial charge is 0.323 e. The summed E-state index contributed by atoms with van der Waals surface area (Å²) in [6.07, 6.45) is 0. The molecule has 0 fully saturated rings. The van der Waals surface area contributed by atoms with E-state index in [9.17, 15) is 9.59 Å². The Kier molecular flexibility index (Phi) is 5.16. The van der Waals surface area contributed by atoms with Gasteiger partial charge in [0.15, 0.2) is 5.69 Å². The molecular weight excluding hydrogens is 294 g/mol. The molecule has 6 nitrogen and oxygen atoms in total. The molecule has 6 heteroatoms. The third-order valence-electron chi connectivity index (χ3n) is 3.31. The average Bonchev–Trinajstić information content (AvgIpc) is 2.87. The zero-order chi connectivity index (χ0) is 17.0. The lowest BCUT2D eigenvalue weighted by atomic mass is 10.2. The van der Waals surface area contributed by atoms with Crippen LogP contribution < -0.4 is 0 Å². The number of para-hydroxylation sites is 1. The molecule has 1 heterocycles. The van der Waals surface area contributed by atoms with Crippen LogP contribution in [-0.4, -0.2) is 44.8 Å². The fourth-order valence-electron chi connectivity index (χ4n) is 2.39. The average molecular weight is 315 g/mol. The van der Waals surface area contributed by atoms with E-state index in [0.29, 0.717) is 6.54 Å². The van der Waals surface area contributed by atoms with Crippen LogP contribution in [0.25, 0.3) is 5.69 Å². The summed E-state index contributed by atoms with van der Waals surface area (Å²) in [6.45, 7) is 5.79. The van der Waals surface area contributed by atoms with Gasteiger partial charge in [-0.2, -0.15) is 5.10 Å². The maximum atomic E-state index is 12.6. The van der Waals surface area contributed by atoms with Gasteiger partial charge in [0.2, 0.25) is 0 Å². The third kappa shape index (κ3) is 4.18. The number of aryl methyl sites for hydroxylation is 1. The number of nitrogens with zero attached hydrogens (tertiary/aromatic N) is 3. The van der Waals surface area contributed by atoms with Gasteiger partial charge in [0.25, 0.3) is 5.91 Å². The van der Waals surface area contributed by atoms with Crippen LogP contribution in [0.3, 0.4) is 0 Å². The Morgan fingerprint density at radius 2 is 1.91 bits per heavy atom. The van der Waals surface area contributed by atoms with E-state index < -0.39 is 5.97 Å². The number of carboxylic acids is 1. The molecule has 1 aromatic heterocycles. The summed E-state index contributed by atoms with van der Waals surface area (Å²) in [5, 5.41) is 13.4. The van der Waals surface area contributed by atoms with Crippen molar-refractivity contribution < 1.29 is 14.7 Å². The molecule has 1 aromatic carbocycles. The number of carbonyl (C=O) groups excluding carboxylic acids is 1. The Balaban J connectivity index is 2.29. The molecule has 2 aromatic rings. The number of amides is 1. The highest BCUT2D eigenvalue weighted by Crippen LogP contribution is 2.14. The second-order valence-electron chi connectivity index (χ2n) is 5.89. The van der Waals surface area contributed by atoms with Crippen molar-refractivity contribution in [3.63, 3.8) is 0 Å². The van der Waals surface area contributed by atoms with Crippen molar-refractivity contribution >= 4 is 11.9 Å². The van der Waals surface area contributed by atoms with Crippen LogP contribution in [0.5, 0.6) is 0 Å². The molecule has 0 aliphatic heterocycles. The number of rotatable bonds is 6. The molecule has 0 bridgehead atoms. The molecule has 0 radical (unpaired) electrons. The van der Waals surface area contributed by atoms with Gasteiger partial charge in [-0.15, -0.1) is 0 Å². The first kappa shape index (κ1) is 16.7. The van der Waals surface area contributed by atoms with Crippen molar-refractivity contribution in [3.05, 3.63) is 47.8 Å². The van der Waals surface area contributed by atoms with Crippen molar-refractivity contribution in [1.82, 2.24) is 14.7 Å². The first-order chi connectivity index (χ1) is 10.9. The van der Waals surface area contributed by atoms with Gasteiger partial charge in [-0.25, -0.2) is 4.68 Å². The summed E-state index contributed by atoms with van der Waals surface area (Å²) in [5.41, 5.74) is 1.94. The minimum Gasteiger partial charge on any atom is -0.480 e. The highest BCUT2D eigenvalue weighted by atomic mass is 16.4. The van der Waals surface area contributed by atoms with Crippen LogP contribution in [0.4, 0.5) is 0 Å². The van der Waals surface area contributed by atoms with Gasteiger partial charge in [0.1, 0.15) is 6.54 Å². The van der Waals surface area contributed by atoms with Gasteiger partial charge in [0.05, 0.1) is 5.69 Å².